The van der Waals surface area contributed by atoms with Gasteiger partial charge in [0.25, 0.3) is 0 Å². The molecule has 0 saturated carbocycles. The number of ether oxygens (including phenoxy) is 1. The van der Waals surface area contributed by atoms with E-state index in [1.165, 1.54) is 58.8 Å². The Hall–Kier alpha value is -2.30. The van der Waals surface area contributed by atoms with Crippen LogP contribution in [0.15, 0.2) is 66.7 Å². The van der Waals surface area contributed by atoms with E-state index in [0.29, 0.717) is 11.8 Å². The third-order valence-corrected chi connectivity index (χ3v) is 8.56. The highest BCUT2D eigenvalue weighted by Gasteiger charge is 2.30. The van der Waals surface area contributed by atoms with Crippen LogP contribution in [0.1, 0.15) is 40.2 Å². The molecule has 1 aliphatic heterocycles. The standard InChI is InChI=1S/C31H36FNOS/c1-23-2-13-30-26(20-23)7-8-27(21-24-3-9-28(32)10-4-24)31(30)22-25-5-11-29(12-6-25)34-17-14-33-15-18-35-19-16-33/h2-6,9-13,20,27,31H,7-8,14-19,21-22H2,1H3. The summed E-state index contributed by atoms with van der Waals surface area (Å²) in [6.45, 7) is 6.29. The Morgan fingerprint density at radius 2 is 1.63 bits per heavy atom. The molecule has 2 unspecified atom stereocenters. The molecule has 2 atom stereocenters. The normalized spacial score (nSPS) is 20.4. The summed E-state index contributed by atoms with van der Waals surface area (Å²) in [5.41, 5.74) is 6.92. The van der Waals surface area contributed by atoms with Gasteiger partial charge in [0.15, 0.2) is 0 Å². The second-order valence-electron chi connectivity index (χ2n) is 10.1. The first kappa shape index (κ1) is 24.4. The van der Waals surface area contributed by atoms with E-state index in [4.69, 9.17) is 4.74 Å². The molecule has 1 saturated heterocycles. The Balaban J connectivity index is 1.26. The van der Waals surface area contributed by atoms with Gasteiger partial charge in [-0.25, -0.2) is 4.39 Å². The SMILES string of the molecule is Cc1ccc2c(c1)CCC(Cc1ccc(F)cc1)C2Cc1ccc(OCCN2CCSCC2)cc1. The van der Waals surface area contributed by atoms with Crippen molar-refractivity contribution in [1.29, 1.82) is 0 Å². The number of halogens is 1. The number of rotatable bonds is 8. The maximum atomic E-state index is 13.5. The minimum Gasteiger partial charge on any atom is -0.492 e. The quantitative estimate of drug-likeness (QED) is 0.350. The molecular weight excluding hydrogens is 453 g/mol. The van der Waals surface area contributed by atoms with E-state index in [1.807, 2.05) is 23.9 Å². The highest BCUT2D eigenvalue weighted by atomic mass is 32.2. The van der Waals surface area contributed by atoms with Crippen LogP contribution >= 0.6 is 11.8 Å². The fourth-order valence-electron chi connectivity index (χ4n) is 5.65. The van der Waals surface area contributed by atoms with E-state index >= 15 is 0 Å². The van der Waals surface area contributed by atoms with Crippen LogP contribution in [-0.2, 0) is 19.3 Å². The minimum atomic E-state index is -0.160. The summed E-state index contributed by atoms with van der Waals surface area (Å²) >= 11 is 2.04. The molecule has 0 spiro atoms. The third-order valence-electron chi connectivity index (χ3n) is 7.62. The Kier molecular flexibility index (Phi) is 8.10. The molecule has 2 nitrogen and oxygen atoms in total. The topological polar surface area (TPSA) is 12.5 Å². The van der Waals surface area contributed by atoms with Crippen molar-refractivity contribution in [3.8, 4) is 5.75 Å². The van der Waals surface area contributed by atoms with Crippen LogP contribution < -0.4 is 4.74 Å². The van der Waals surface area contributed by atoms with Gasteiger partial charge < -0.3 is 4.74 Å². The zero-order valence-corrected chi connectivity index (χ0v) is 21.5. The zero-order chi connectivity index (χ0) is 24.0. The highest BCUT2D eigenvalue weighted by Crippen LogP contribution is 2.40. The average Bonchev–Trinajstić information content (AvgIpc) is 2.88. The van der Waals surface area contributed by atoms with Gasteiger partial charge in [-0.3, -0.25) is 4.90 Å². The molecule has 0 amide bonds. The van der Waals surface area contributed by atoms with Crippen molar-refractivity contribution in [1.82, 2.24) is 4.90 Å². The van der Waals surface area contributed by atoms with Gasteiger partial charge in [-0.05, 0) is 91.0 Å². The van der Waals surface area contributed by atoms with Crippen LogP contribution in [0, 0.1) is 18.7 Å². The van der Waals surface area contributed by atoms with Gasteiger partial charge in [0.2, 0.25) is 0 Å². The summed E-state index contributed by atoms with van der Waals surface area (Å²) in [6.07, 6.45) is 4.32. The molecule has 0 radical (unpaired) electrons. The van der Waals surface area contributed by atoms with Gasteiger partial charge >= 0.3 is 0 Å². The monoisotopic (exact) mass is 489 g/mol. The summed E-state index contributed by atoms with van der Waals surface area (Å²) < 4.78 is 19.5. The van der Waals surface area contributed by atoms with Crippen LogP contribution in [0.25, 0.3) is 0 Å². The largest absolute Gasteiger partial charge is 0.492 e. The van der Waals surface area contributed by atoms with E-state index < -0.39 is 0 Å². The molecular formula is C31H36FNOS. The van der Waals surface area contributed by atoms with Crippen molar-refractivity contribution < 1.29 is 9.13 Å². The van der Waals surface area contributed by atoms with Crippen LogP contribution in [0.3, 0.4) is 0 Å². The van der Waals surface area contributed by atoms with E-state index in [9.17, 15) is 4.39 Å². The number of hydrogen-bond donors (Lipinski definition) is 0. The molecule has 35 heavy (non-hydrogen) atoms. The maximum Gasteiger partial charge on any atom is 0.123 e. The lowest BCUT2D eigenvalue weighted by Crippen LogP contribution is -2.35. The summed E-state index contributed by atoms with van der Waals surface area (Å²) in [5.74, 6) is 4.29. The lowest BCUT2D eigenvalue weighted by atomic mass is 9.70. The van der Waals surface area contributed by atoms with Crippen LogP contribution in [-0.4, -0.2) is 42.6 Å². The second-order valence-corrected chi connectivity index (χ2v) is 11.3. The molecule has 4 heteroatoms. The summed E-state index contributed by atoms with van der Waals surface area (Å²) in [4.78, 5) is 2.49. The molecule has 1 aliphatic carbocycles. The minimum absolute atomic E-state index is 0.160. The number of thioether (sulfide) groups is 1. The van der Waals surface area contributed by atoms with E-state index in [0.717, 1.165) is 38.2 Å². The predicted molar refractivity (Wildman–Crippen MR) is 145 cm³/mol. The molecule has 2 aliphatic rings. The van der Waals surface area contributed by atoms with Crippen LogP contribution in [0.2, 0.25) is 0 Å². The second kappa shape index (κ2) is 11.6. The van der Waals surface area contributed by atoms with E-state index in [1.54, 1.807) is 12.1 Å². The molecule has 0 N–H and O–H groups in total. The lowest BCUT2D eigenvalue weighted by Gasteiger charge is -2.34. The summed E-state index contributed by atoms with van der Waals surface area (Å²) in [6, 6.07) is 22.8. The lowest BCUT2D eigenvalue weighted by molar-refractivity contribution is 0.222. The molecule has 3 aromatic rings. The van der Waals surface area contributed by atoms with Crippen LogP contribution in [0.4, 0.5) is 4.39 Å². The Bertz CT molecular complexity index is 1090. The molecule has 1 heterocycles. The number of aryl methyl sites for hydroxylation is 2. The zero-order valence-electron chi connectivity index (χ0n) is 20.7. The first-order chi connectivity index (χ1) is 17.1. The van der Waals surface area contributed by atoms with E-state index in [-0.39, 0.29) is 5.82 Å². The van der Waals surface area contributed by atoms with Crippen molar-refractivity contribution in [3.63, 3.8) is 0 Å². The molecule has 1 fully saturated rings. The fourth-order valence-corrected chi connectivity index (χ4v) is 6.62. The van der Waals surface area contributed by atoms with E-state index in [2.05, 4.69) is 54.3 Å². The smallest absolute Gasteiger partial charge is 0.123 e. The molecule has 5 rings (SSSR count). The van der Waals surface area contributed by atoms with Gasteiger partial charge in [0.1, 0.15) is 18.2 Å². The van der Waals surface area contributed by atoms with Gasteiger partial charge in [-0.1, -0.05) is 48.0 Å². The number of benzene rings is 3. The van der Waals surface area contributed by atoms with Gasteiger partial charge in [-0.15, -0.1) is 0 Å². The first-order valence-corrected chi connectivity index (χ1v) is 14.2. The number of fused-ring (bicyclic) bond motifs is 1. The average molecular weight is 490 g/mol. The highest BCUT2D eigenvalue weighted by molar-refractivity contribution is 7.99. The van der Waals surface area contributed by atoms with Gasteiger partial charge in [0.05, 0.1) is 0 Å². The van der Waals surface area contributed by atoms with Gasteiger partial charge in [-0.2, -0.15) is 11.8 Å². The Morgan fingerprint density at radius 3 is 2.40 bits per heavy atom. The number of hydrogen-bond acceptors (Lipinski definition) is 3. The Labute approximate surface area is 213 Å². The van der Waals surface area contributed by atoms with Crippen molar-refractivity contribution in [2.45, 2.75) is 38.5 Å². The Morgan fingerprint density at radius 1 is 0.914 bits per heavy atom. The number of nitrogens with zero attached hydrogens (tertiary/aromatic N) is 1. The molecule has 0 aromatic heterocycles. The molecule has 3 aromatic carbocycles. The summed E-state index contributed by atoms with van der Waals surface area (Å²) in [5, 5.41) is 0. The predicted octanol–water partition coefficient (Wildman–Crippen LogP) is 6.69. The van der Waals surface area contributed by atoms with Gasteiger partial charge in [0, 0.05) is 31.1 Å². The maximum absolute atomic E-state index is 13.5. The first-order valence-electron chi connectivity index (χ1n) is 13.0. The summed E-state index contributed by atoms with van der Waals surface area (Å²) in [7, 11) is 0. The van der Waals surface area contributed by atoms with Crippen molar-refractivity contribution in [2.24, 2.45) is 5.92 Å². The van der Waals surface area contributed by atoms with Crippen molar-refractivity contribution >= 4 is 11.8 Å². The molecule has 0 bridgehead atoms. The van der Waals surface area contributed by atoms with Crippen molar-refractivity contribution in [3.05, 3.63) is 100 Å². The van der Waals surface area contributed by atoms with Crippen LogP contribution in [0.5, 0.6) is 5.75 Å². The van der Waals surface area contributed by atoms with Crippen molar-refractivity contribution in [2.75, 3.05) is 37.7 Å². The third kappa shape index (κ3) is 6.48. The molecule has 184 valence electrons. The fraction of sp³-hybridized carbons (Fsp3) is 0.419.